The SMILES string of the molecule is CCN1CCCC1n1c(C2CCCO2)nc2cccnc21. The minimum Gasteiger partial charge on any atom is -0.370 e. The molecule has 2 aromatic heterocycles. The largest absolute Gasteiger partial charge is 0.370 e. The Morgan fingerprint density at radius 1 is 1.33 bits per heavy atom. The Hall–Kier alpha value is -1.46. The molecule has 2 unspecified atom stereocenters. The number of hydrogen-bond donors (Lipinski definition) is 0. The van der Waals surface area contributed by atoms with E-state index in [1.165, 1.54) is 19.4 Å². The van der Waals surface area contributed by atoms with Crippen LogP contribution in [0.15, 0.2) is 18.3 Å². The number of aromatic nitrogens is 3. The van der Waals surface area contributed by atoms with Gasteiger partial charge in [0.05, 0.1) is 6.17 Å². The summed E-state index contributed by atoms with van der Waals surface area (Å²) in [4.78, 5) is 12.0. The van der Waals surface area contributed by atoms with Gasteiger partial charge in [0.15, 0.2) is 5.65 Å². The molecule has 2 saturated heterocycles. The van der Waals surface area contributed by atoms with Crippen LogP contribution in [-0.2, 0) is 4.74 Å². The molecule has 2 fully saturated rings. The van der Waals surface area contributed by atoms with Gasteiger partial charge in [0.2, 0.25) is 0 Å². The molecular formula is C16H22N4O. The molecule has 2 aromatic rings. The zero-order valence-corrected chi connectivity index (χ0v) is 12.5. The summed E-state index contributed by atoms with van der Waals surface area (Å²) in [6, 6.07) is 4.02. The van der Waals surface area contributed by atoms with Gasteiger partial charge in [-0.1, -0.05) is 6.92 Å². The highest BCUT2D eigenvalue weighted by Crippen LogP contribution is 2.36. The van der Waals surface area contributed by atoms with Crippen molar-refractivity contribution in [3.63, 3.8) is 0 Å². The van der Waals surface area contributed by atoms with Crippen molar-refractivity contribution in [3.8, 4) is 0 Å². The summed E-state index contributed by atoms with van der Waals surface area (Å²) >= 11 is 0. The number of pyridine rings is 1. The van der Waals surface area contributed by atoms with Crippen LogP contribution in [0, 0.1) is 0 Å². The van der Waals surface area contributed by atoms with E-state index in [-0.39, 0.29) is 6.10 Å². The molecule has 0 spiro atoms. The fourth-order valence-corrected chi connectivity index (χ4v) is 3.72. The lowest BCUT2D eigenvalue weighted by Gasteiger charge is -2.27. The van der Waals surface area contributed by atoms with Crippen LogP contribution in [0.2, 0.25) is 0 Å². The van der Waals surface area contributed by atoms with E-state index < -0.39 is 0 Å². The lowest BCUT2D eigenvalue weighted by molar-refractivity contribution is 0.0942. The molecule has 112 valence electrons. The second-order valence-corrected chi connectivity index (χ2v) is 5.94. The van der Waals surface area contributed by atoms with E-state index in [0.717, 1.165) is 43.0 Å². The number of imidazole rings is 1. The first-order valence-electron chi connectivity index (χ1n) is 8.07. The van der Waals surface area contributed by atoms with Gasteiger partial charge in [0.25, 0.3) is 0 Å². The zero-order valence-electron chi connectivity index (χ0n) is 12.5. The van der Waals surface area contributed by atoms with Crippen LogP contribution in [0.25, 0.3) is 11.2 Å². The van der Waals surface area contributed by atoms with Gasteiger partial charge in [-0.3, -0.25) is 9.47 Å². The topological polar surface area (TPSA) is 43.2 Å². The van der Waals surface area contributed by atoms with Crippen molar-refractivity contribution in [2.24, 2.45) is 0 Å². The number of fused-ring (bicyclic) bond motifs is 1. The van der Waals surface area contributed by atoms with E-state index >= 15 is 0 Å². The molecule has 0 amide bonds. The van der Waals surface area contributed by atoms with Crippen LogP contribution in [0.3, 0.4) is 0 Å². The average molecular weight is 286 g/mol. The molecule has 2 aliphatic rings. The Kier molecular flexibility index (Phi) is 3.39. The second-order valence-electron chi connectivity index (χ2n) is 5.94. The monoisotopic (exact) mass is 286 g/mol. The molecule has 5 nitrogen and oxygen atoms in total. The van der Waals surface area contributed by atoms with E-state index in [1.807, 2.05) is 12.3 Å². The van der Waals surface area contributed by atoms with Crippen LogP contribution in [0.1, 0.15) is 50.7 Å². The molecule has 2 atom stereocenters. The highest BCUT2D eigenvalue weighted by atomic mass is 16.5. The average Bonchev–Trinajstić information content (AvgIpc) is 3.24. The maximum Gasteiger partial charge on any atom is 0.161 e. The van der Waals surface area contributed by atoms with Crippen LogP contribution in [0.4, 0.5) is 0 Å². The van der Waals surface area contributed by atoms with Crippen molar-refractivity contribution < 1.29 is 4.74 Å². The summed E-state index contributed by atoms with van der Waals surface area (Å²) in [5, 5.41) is 0. The smallest absolute Gasteiger partial charge is 0.161 e. The summed E-state index contributed by atoms with van der Waals surface area (Å²) in [7, 11) is 0. The van der Waals surface area contributed by atoms with E-state index in [0.29, 0.717) is 6.17 Å². The van der Waals surface area contributed by atoms with Crippen LogP contribution in [-0.4, -0.2) is 39.1 Å². The Balaban J connectivity index is 1.85. The number of nitrogens with zero attached hydrogens (tertiary/aromatic N) is 4. The fraction of sp³-hybridized carbons (Fsp3) is 0.625. The molecule has 4 rings (SSSR count). The maximum atomic E-state index is 5.91. The Labute approximate surface area is 124 Å². The molecule has 0 saturated carbocycles. The Morgan fingerprint density at radius 2 is 2.29 bits per heavy atom. The van der Waals surface area contributed by atoms with Crippen molar-refractivity contribution in [1.29, 1.82) is 0 Å². The highest BCUT2D eigenvalue weighted by molar-refractivity contribution is 5.71. The van der Waals surface area contributed by atoms with Gasteiger partial charge in [-0.25, -0.2) is 9.97 Å². The molecule has 2 aliphatic heterocycles. The van der Waals surface area contributed by atoms with E-state index in [1.54, 1.807) is 0 Å². The Morgan fingerprint density at radius 3 is 3.10 bits per heavy atom. The lowest BCUT2D eigenvalue weighted by Crippen LogP contribution is -2.29. The van der Waals surface area contributed by atoms with Gasteiger partial charge in [0.1, 0.15) is 17.4 Å². The zero-order chi connectivity index (χ0) is 14.2. The molecule has 21 heavy (non-hydrogen) atoms. The first kappa shape index (κ1) is 13.2. The summed E-state index contributed by atoms with van der Waals surface area (Å²) in [5.41, 5.74) is 2.00. The third-order valence-corrected chi connectivity index (χ3v) is 4.73. The number of ether oxygens (including phenoxy) is 1. The molecule has 0 radical (unpaired) electrons. The van der Waals surface area contributed by atoms with Crippen molar-refractivity contribution in [1.82, 2.24) is 19.4 Å². The number of likely N-dealkylation sites (tertiary alicyclic amines) is 1. The van der Waals surface area contributed by atoms with Crippen molar-refractivity contribution >= 4 is 11.2 Å². The Bertz CT molecular complexity index is 632. The molecule has 0 N–H and O–H groups in total. The minimum absolute atomic E-state index is 0.138. The van der Waals surface area contributed by atoms with E-state index in [9.17, 15) is 0 Å². The maximum absolute atomic E-state index is 5.91. The predicted octanol–water partition coefficient (Wildman–Crippen LogP) is 2.90. The quantitative estimate of drug-likeness (QED) is 0.870. The predicted molar refractivity (Wildman–Crippen MR) is 81.0 cm³/mol. The molecule has 4 heterocycles. The molecule has 0 aliphatic carbocycles. The fourth-order valence-electron chi connectivity index (χ4n) is 3.72. The first-order valence-corrected chi connectivity index (χ1v) is 8.07. The van der Waals surface area contributed by atoms with Crippen molar-refractivity contribution in [3.05, 3.63) is 24.2 Å². The molecule has 0 bridgehead atoms. The minimum atomic E-state index is 0.138. The highest BCUT2D eigenvalue weighted by Gasteiger charge is 2.32. The van der Waals surface area contributed by atoms with Gasteiger partial charge in [-0.2, -0.15) is 0 Å². The van der Waals surface area contributed by atoms with Gasteiger partial charge < -0.3 is 4.74 Å². The summed E-state index contributed by atoms with van der Waals surface area (Å²) in [6.45, 7) is 5.32. The van der Waals surface area contributed by atoms with Crippen molar-refractivity contribution in [2.45, 2.75) is 44.9 Å². The van der Waals surface area contributed by atoms with Gasteiger partial charge in [-0.15, -0.1) is 0 Å². The number of rotatable bonds is 3. The van der Waals surface area contributed by atoms with Crippen LogP contribution < -0.4 is 0 Å². The first-order chi connectivity index (χ1) is 10.4. The normalized spacial score (nSPS) is 26.9. The third kappa shape index (κ3) is 2.15. The standard InChI is InChI=1S/C16H22N4O/c1-2-19-10-4-8-14(19)20-15-12(6-3-9-17-15)18-16(20)13-7-5-11-21-13/h3,6,9,13-14H,2,4-5,7-8,10-11H2,1H3. The number of hydrogen-bond acceptors (Lipinski definition) is 4. The van der Waals surface area contributed by atoms with E-state index in [4.69, 9.17) is 9.72 Å². The summed E-state index contributed by atoms with van der Waals surface area (Å²) < 4.78 is 8.26. The van der Waals surface area contributed by atoms with Gasteiger partial charge in [-0.05, 0) is 44.4 Å². The second kappa shape index (κ2) is 5.39. The third-order valence-electron chi connectivity index (χ3n) is 4.73. The van der Waals surface area contributed by atoms with E-state index in [2.05, 4.69) is 27.4 Å². The summed E-state index contributed by atoms with van der Waals surface area (Å²) in [5.74, 6) is 1.08. The molecule has 5 heteroatoms. The summed E-state index contributed by atoms with van der Waals surface area (Å²) in [6.07, 6.45) is 7.01. The molecular weight excluding hydrogens is 264 g/mol. The lowest BCUT2D eigenvalue weighted by atomic mass is 10.2. The molecule has 0 aromatic carbocycles. The van der Waals surface area contributed by atoms with Gasteiger partial charge in [0, 0.05) is 19.3 Å². The van der Waals surface area contributed by atoms with Crippen LogP contribution in [0.5, 0.6) is 0 Å². The van der Waals surface area contributed by atoms with Crippen LogP contribution >= 0.6 is 0 Å². The van der Waals surface area contributed by atoms with Gasteiger partial charge >= 0.3 is 0 Å². The van der Waals surface area contributed by atoms with Crippen molar-refractivity contribution in [2.75, 3.05) is 19.7 Å².